The van der Waals surface area contributed by atoms with Crippen LogP contribution in [0.15, 0.2) is 0 Å². The van der Waals surface area contributed by atoms with Crippen molar-refractivity contribution >= 4 is 6.41 Å². The summed E-state index contributed by atoms with van der Waals surface area (Å²) in [7, 11) is 1.67. The lowest BCUT2D eigenvalue weighted by Crippen LogP contribution is -2.48. The van der Waals surface area contributed by atoms with E-state index in [1.165, 1.54) is 0 Å². The Morgan fingerprint density at radius 2 is 2.44 bits per heavy atom. The van der Waals surface area contributed by atoms with Gasteiger partial charge in [-0.2, -0.15) is 0 Å². The topological polar surface area (TPSA) is 38.3 Å². The monoisotopic (exact) mass is 129 g/mol. The maximum Gasteiger partial charge on any atom is 0.207 e. The van der Waals surface area contributed by atoms with Gasteiger partial charge in [0.05, 0.1) is 12.1 Å². The number of ether oxygens (including phenoxy) is 1. The average molecular weight is 129 g/mol. The van der Waals surface area contributed by atoms with Gasteiger partial charge in [0.25, 0.3) is 0 Å². The van der Waals surface area contributed by atoms with E-state index in [2.05, 4.69) is 5.32 Å². The molecule has 1 aliphatic rings. The van der Waals surface area contributed by atoms with Crippen LogP contribution in [0.5, 0.6) is 0 Å². The summed E-state index contributed by atoms with van der Waals surface area (Å²) in [6.07, 6.45) is 3.12. The predicted octanol–water partition coefficient (Wildman–Crippen LogP) is -0.0902. The Labute approximate surface area is 54.4 Å². The highest BCUT2D eigenvalue weighted by Gasteiger charge is 2.29. The molecule has 0 saturated heterocycles. The Hall–Kier alpha value is -0.570. The average Bonchev–Trinajstić information content (AvgIpc) is 1.82. The fourth-order valence-electron chi connectivity index (χ4n) is 1.03. The number of rotatable bonds is 3. The van der Waals surface area contributed by atoms with Crippen LogP contribution in [0.25, 0.3) is 0 Å². The van der Waals surface area contributed by atoms with Crippen molar-refractivity contribution < 1.29 is 9.53 Å². The Kier molecular flexibility index (Phi) is 2.05. The third-order valence-corrected chi connectivity index (χ3v) is 1.80. The van der Waals surface area contributed by atoms with Gasteiger partial charge in [-0.3, -0.25) is 4.79 Å². The van der Waals surface area contributed by atoms with E-state index < -0.39 is 0 Å². The summed E-state index contributed by atoms with van der Waals surface area (Å²) in [5.74, 6) is 0. The second-order valence-corrected chi connectivity index (χ2v) is 2.24. The van der Waals surface area contributed by atoms with E-state index in [-0.39, 0.29) is 12.1 Å². The van der Waals surface area contributed by atoms with Gasteiger partial charge in [0.1, 0.15) is 0 Å². The molecule has 0 bridgehead atoms. The van der Waals surface area contributed by atoms with Crippen molar-refractivity contribution in [1.29, 1.82) is 0 Å². The van der Waals surface area contributed by atoms with E-state index in [1.54, 1.807) is 7.11 Å². The number of methoxy groups -OCH3 is 1. The SMILES string of the molecule is COC1CCC1NC=O. The van der Waals surface area contributed by atoms with Crippen molar-refractivity contribution in [3.05, 3.63) is 0 Å². The van der Waals surface area contributed by atoms with Gasteiger partial charge in [-0.25, -0.2) is 0 Å². The Balaban J connectivity index is 2.18. The van der Waals surface area contributed by atoms with Crippen LogP contribution in [0, 0.1) is 0 Å². The molecule has 0 aromatic rings. The zero-order valence-electron chi connectivity index (χ0n) is 5.46. The first kappa shape index (κ1) is 6.55. The fraction of sp³-hybridized carbons (Fsp3) is 0.833. The highest BCUT2D eigenvalue weighted by Crippen LogP contribution is 2.21. The third kappa shape index (κ3) is 1.21. The minimum absolute atomic E-state index is 0.259. The van der Waals surface area contributed by atoms with Gasteiger partial charge >= 0.3 is 0 Å². The number of hydrogen-bond donors (Lipinski definition) is 1. The van der Waals surface area contributed by atoms with E-state index in [9.17, 15) is 4.79 Å². The van der Waals surface area contributed by atoms with Crippen LogP contribution < -0.4 is 5.32 Å². The molecule has 1 aliphatic carbocycles. The molecule has 0 radical (unpaired) electrons. The molecule has 0 aliphatic heterocycles. The van der Waals surface area contributed by atoms with Crippen LogP contribution >= 0.6 is 0 Å². The fourth-order valence-corrected chi connectivity index (χ4v) is 1.03. The molecule has 3 heteroatoms. The van der Waals surface area contributed by atoms with Gasteiger partial charge in [-0.1, -0.05) is 0 Å². The molecular weight excluding hydrogens is 118 g/mol. The van der Waals surface area contributed by atoms with Crippen molar-refractivity contribution in [3.63, 3.8) is 0 Å². The van der Waals surface area contributed by atoms with Gasteiger partial charge in [0, 0.05) is 7.11 Å². The quantitative estimate of drug-likeness (QED) is 0.541. The first-order chi connectivity index (χ1) is 4.38. The molecule has 0 spiro atoms. The van der Waals surface area contributed by atoms with E-state index >= 15 is 0 Å². The lowest BCUT2D eigenvalue weighted by Gasteiger charge is -2.34. The van der Waals surface area contributed by atoms with Gasteiger partial charge in [0.2, 0.25) is 6.41 Å². The van der Waals surface area contributed by atoms with E-state index in [1.807, 2.05) is 0 Å². The second-order valence-electron chi connectivity index (χ2n) is 2.24. The molecule has 1 rings (SSSR count). The molecule has 2 unspecified atom stereocenters. The van der Waals surface area contributed by atoms with Crippen LogP contribution in [0.1, 0.15) is 12.8 Å². The van der Waals surface area contributed by atoms with Crippen molar-refractivity contribution in [2.24, 2.45) is 0 Å². The highest BCUT2D eigenvalue weighted by atomic mass is 16.5. The lowest BCUT2D eigenvalue weighted by molar-refractivity contribution is -0.112. The molecule has 1 N–H and O–H groups in total. The standard InChI is InChI=1S/C6H11NO2/c1-9-6-3-2-5(6)7-4-8/h4-6H,2-3H2,1H3,(H,7,8). The molecule has 1 saturated carbocycles. The number of nitrogens with one attached hydrogen (secondary N) is 1. The molecular formula is C6H11NO2. The van der Waals surface area contributed by atoms with Gasteiger partial charge < -0.3 is 10.1 Å². The summed E-state index contributed by atoms with van der Waals surface area (Å²) in [4.78, 5) is 9.90. The Morgan fingerprint density at radius 1 is 1.67 bits per heavy atom. The predicted molar refractivity (Wildman–Crippen MR) is 33.0 cm³/mol. The summed E-state index contributed by atoms with van der Waals surface area (Å²) in [6.45, 7) is 0. The molecule has 2 atom stereocenters. The largest absolute Gasteiger partial charge is 0.379 e. The summed E-state index contributed by atoms with van der Waals surface area (Å²) in [5, 5.41) is 2.68. The molecule has 0 aromatic carbocycles. The van der Waals surface area contributed by atoms with Gasteiger partial charge in [-0.05, 0) is 12.8 Å². The normalized spacial score (nSPS) is 33.0. The number of carbonyl (C=O) groups excluding carboxylic acids is 1. The van der Waals surface area contributed by atoms with Gasteiger partial charge in [-0.15, -0.1) is 0 Å². The minimum Gasteiger partial charge on any atom is -0.379 e. The van der Waals surface area contributed by atoms with Crippen molar-refractivity contribution in [2.45, 2.75) is 25.0 Å². The Bertz CT molecular complexity index is 103. The summed E-state index contributed by atoms with van der Waals surface area (Å²) >= 11 is 0. The molecule has 1 amide bonds. The molecule has 9 heavy (non-hydrogen) atoms. The maximum absolute atomic E-state index is 9.90. The molecule has 0 aromatic heterocycles. The Morgan fingerprint density at radius 3 is 2.78 bits per heavy atom. The molecule has 3 nitrogen and oxygen atoms in total. The van der Waals surface area contributed by atoms with Crippen LogP contribution in [-0.2, 0) is 9.53 Å². The first-order valence-electron chi connectivity index (χ1n) is 3.11. The smallest absolute Gasteiger partial charge is 0.207 e. The molecule has 0 heterocycles. The highest BCUT2D eigenvalue weighted by molar-refractivity contribution is 5.47. The number of hydrogen-bond acceptors (Lipinski definition) is 2. The van der Waals surface area contributed by atoms with Crippen molar-refractivity contribution in [2.75, 3.05) is 7.11 Å². The zero-order chi connectivity index (χ0) is 6.69. The minimum atomic E-state index is 0.259. The molecule has 52 valence electrons. The van der Waals surface area contributed by atoms with Crippen LogP contribution in [0.4, 0.5) is 0 Å². The van der Waals surface area contributed by atoms with Crippen LogP contribution in [-0.4, -0.2) is 25.7 Å². The third-order valence-electron chi connectivity index (χ3n) is 1.80. The van der Waals surface area contributed by atoms with E-state index in [0.717, 1.165) is 19.3 Å². The van der Waals surface area contributed by atoms with E-state index in [0.29, 0.717) is 0 Å². The van der Waals surface area contributed by atoms with Gasteiger partial charge in [0.15, 0.2) is 0 Å². The van der Waals surface area contributed by atoms with Crippen LogP contribution in [0.2, 0.25) is 0 Å². The van der Waals surface area contributed by atoms with Crippen LogP contribution in [0.3, 0.4) is 0 Å². The summed E-state index contributed by atoms with van der Waals surface area (Å²) in [5.41, 5.74) is 0. The first-order valence-corrected chi connectivity index (χ1v) is 3.11. The number of amides is 1. The summed E-state index contributed by atoms with van der Waals surface area (Å²) < 4.78 is 5.03. The second kappa shape index (κ2) is 2.82. The maximum atomic E-state index is 9.90. The number of carbonyl (C=O) groups is 1. The summed E-state index contributed by atoms with van der Waals surface area (Å²) in [6, 6.07) is 0.271. The van der Waals surface area contributed by atoms with E-state index in [4.69, 9.17) is 4.74 Å². The zero-order valence-corrected chi connectivity index (χ0v) is 5.46. The van der Waals surface area contributed by atoms with Crippen molar-refractivity contribution in [3.8, 4) is 0 Å². The lowest BCUT2D eigenvalue weighted by atomic mass is 9.89. The molecule has 1 fully saturated rings. The van der Waals surface area contributed by atoms with Crippen molar-refractivity contribution in [1.82, 2.24) is 5.32 Å².